The highest BCUT2D eigenvalue weighted by Gasteiger charge is 2.72. The molecule has 0 aromatic rings. The predicted octanol–water partition coefficient (Wildman–Crippen LogP) is 8.54. The lowest BCUT2D eigenvalue weighted by molar-refractivity contribution is -0.172. The standard InChI is InChI=1S/C15H19NO2.C14H17NO2.2C12H15NO2.2C11H13NO2.2C3H6O2/c1-7(2)14(17)16-13-11-6-10(12(13)15(16)18)8-4-3-5-9(8)11;1-2-11(16)15-13-10-6-9(12(13)14(15)17)7-4-3-5-8(7)10;2*1-6(2)11(14)13-10-8-4-3-7(5-8)9(10)12(13)15;2*1-2-8(13)12-10-7-4-3-6(5-7)9(10)11(12)14;2*1-3(4)5-2/h8-13H,1,3-6H2,2H3;2,7-10,12-13H,1,3-6H2;2*7-10H,1,3-5H2,2H3;2*2,6-7,9-10H,1,3-5H2;2*1-2H3. The Balaban J connectivity index is 0.000000107. The number of carbonyl (C=O) groups excluding carboxylic acids is 14. The molecule has 22 nitrogen and oxygen atoms in total. The van der Waals surface area contributed by atoms with Gasteiger partial charge in [0, 0.05) is 30.6 Å². The Bertz CT molecular complexity index is 3570. The predicted molar refractivity (Wildman–Crippen MR) is 373 cm³/mol. The molecule has 6 saturated heterocycles. The summed E-state index contributed by atoms with van der Waals surface area (Å²) in [6, 6.07) is 1.36. The number of likely N-dealkylation sites (tertiary alicyclic amines) is 6. The molecule has 20 aliphatic rings. The molecule has 0 N–H and O–H groups in total. The molecule has 0 aromatic carbocycles. The molecule has 28 unspecified atom stereocenters. The lowest BCUT2D eigenvalue weighted by atomic mass is 9.67. The zero-order valence-electron chi connectivity index (χ0n) is 61.0. The molecule has 28 atom stereocenters. The van der Waals surface area contributed by atoms with Crippen molar-refractivity contribution in [3.8, 4) is 0 Å². The number of hydrogen-bond donors (Lipinski definition) is 0. The molecule has 103 heavy (non-hydrogen) atoms. The Hall–Kier alpha value is -7.78. The van der Waals surface area contributed by atoms with Crippen LogP contribution in [0.1, 0.15) is 163 Å². The summed E-state index contributed by atoms with van der Waals surface area (Å²) in [6.45, 7) is 29.1. The average molecular weight is 1420 g/mol. The second-order valence-corrected chi connectivity index (χ2v) is 33.6. The van der Waals surface area contributed by atoms with Crippen LogP contribution in [-0.2, 0) is 76.6 Å². The maximum absolute atomic E-state index is 12.2. The zero-order chi connectivity index (χ0) is 74.1. The quantitative estimate of drug-likeness (QED) is 0.137. The van der Waals surface area contributed by atoms with Crippen molar-refractivity contribution in [2.24, 2.45) is 130 Å². The molecule has 554 valence electrons. The highest BCUT2D eigenvalue weighted by molar-refractivity contribution is 6.11. The van der Waals surface area contributed by atoms with Gasteiger partial charge in [0.25, 0.3) is 35.4 Å². The summed E-state index contributed by atoms with van der Waals surface area (Å²) < 4.78 is 8.22. The average Bonchev–Trinajstić information content (AvgIpc) is 1.52. The fraction of sp³-hybridized carbons (Fsp3) is 0.679. The number of imide groups is 6. The van der Waals surface area contributed by atoms with Crippen molar-refractivity contribution in [3.63, 3.8) is 0 Å². The molecule has 22 heteroatoms. The number of nitrogens with zero attached hydrogens (tertiary/aromatic N) is 6. The van der Waals surface area contributed by atoms with Gasteiger partial charge < -0.3 is 9.47 Å². The van der Waals surface area contributed by atoms with Crippen LogP contribution in [-0.4, -0.2) is 163 Å². The van der Waals surface area contributed by atoms with Gasteiger partial charge in [0.15, 0.2) is 0 Å². The number of ether oxygens (including phenoxy) is 2. The molecule has 6 heterocycles. The summed E-state index contributed by atoms with van der Waals surface area (Å²) in [5, 5.41) is 0. The fourth-order valence-electron chi connectivity index (χ4n) is 25.2. The van der Waals surface area contributed by atoms with E-state index in [1.54, 1.807) is 20.8 Å². The third-order valence-electron chi connectivity index (χ3n) is 29.1. The van der Waals surface area contributed by atoms with Gasteiger partial charge in [0.1, 0.15) is 0 Å². The van der Waals surface area contributed by atoms with Gasteiger partial charge in [-0.1, -0.05) is 52.3 Å². The van der Waals surface area contributed by atoms with E-state index in [1.165, 1.54) is 178 Å². The highest BCUT2D eigenvalue weighted by Crippen LogP contribution is 2.68. The first-order valence-electron chi connectivity index (χ1n) is 38.2. The van der Waals surface area contributed by atoms with E-state index >= 15 is 0 Å². The van der Waals surface area contributed by atoms with Crippen LogP contribution in [0.5, 0.6) is 0 Å². The molecule has 14 saturated carbocycles. The lowest BCUT2D eigenvalue weighted by Crippen LogP contribution is -2.67. The van der Waals surface area contributed by atoms with Gasteiger partial charge in [0.2, 0.25) is 35.4 Å². The fourth-order valence-corrected chi connectivity index (χ4v) is 25.2. The van der Waals surface area contributed by atoms with Crippen molar-refractivity contribution in [2.45, 2.75) is 199 Å². The molecular formula is C81H104N6O16. The Labute approximate surface area is 604 Å². The van der Waals surface area contributed by atoms with Crippen LogP contribution in [0.4, 0.5) is 0 Å². The van der Waals surface area contributed by atoms with Crippen molar-refractivity contribution in [1.82, 2.24) is 29.4 Å². The van der Waals surface area contributed by atoms with Crippen molar-refractivity contribution in [1.29, 1.82) is 0 Å². The van der Waals surface area contributed by atoms with Gasteiger partial charge in [0.05, 0.1) is 86.0 Å². The summed E-state index contributed by atoms with van der Waals surface area (Å²) in [7, 11) is 2.70. The maximum Gasteiger partial charge on any atom is 0.302 e. The minimum absolute atomic E-state index is 0.0482. The van der Waals surface area contributed by atoms with E-state index in [0.717, 1.165) is 49.4 Å². The Kier molecular flexibility index (Phi) is 20.2. The summed E-state index contributed by atoms with van der Waals surface area (Å²) in [5.41, 5.74) is 1.45. The molecule has 6 aliphatic heterocycles. The normalized spacial score (nSPS) is 41.1. The first kappa shape index (κ1) is 73.5. The summed E-state index contributed by atoms with van der Waals surface area (Å²) in [6.07, 6.45) is 28.2. The minimum Gasteiger partial charge on any atom is -0.469 e. The molecule has 20 fully saturated rings. The molecule has 0 spiro atoms. The van der Waals surface area contributed by atoms with Crippen LogP contribution < -0.4 is 0 Å². The summed E-state index contributed by atoms with van der Waals surface area (Å²) >= 11 is 0. The number of hydrogen-bond acceptors (Lipinski definition) is 16. The van der Waals surface area contributed by atoms with E-state index in [2.05, 4.69) is 48.9 Å². The maximum atomic E-state index is 12.2. The monoisotopic (exact) mass is 1420 g/mol. The number of esters is 2. The number of fused-ring (bicyclic) bond motifs is 36. The summed E-state index contributed by atoms with van der Waals surface area (Å²) in [5.74, 6) is 10.1. The van der Waals surface area contributed by atoms with Crippen LogP contribution in [0, 0.1) is 130 Å². The lowest BCUT2D eigenvalue weighted by Gasteiger charge is -2.51. The molecular weight excluding hydrogens is 1310 g/mol. The van der Waals surface area contributed by atoms with Crippen LogP contribution in [0.25, 0.3) is 0 Å². The van der Waals surface area contributed by atoms with Crippen molar-refractivity contribution in [3.05, 3.63) is 74.4 Å². The third-order valence-corrected chi connectivity index (χ3v) is 29.1. The van der Waals surface area contributed by atoms with Gasteiger partial charge in [-0.15, -0.1) is 0 Å². The van der Waals surface area contributed by atoms with Gasteiger partial charge in [-0.2, -0.15) is 0 Å². The van der Waals surface area contributed by atoms with E-state index in [0.29, 0.717) is 87.7 Å². The highest BCUT2D eigenvalue weighted by atomic mass is 16.5. The summed E-state index contributed by atoms with van der Waals surface area (Å²) in [4.78, 5) is 169. The van der Waals surface area contributed by atoms with E-state index in [1.807, 2.05) is 0 Å². The number of methoxy groups -OCH3 is 2. The molecule has 12 bridgehead atoms. The van der Waals surface area contributed by atoms with Gasteiger partial charge in [-0.3, -0.25) is 96.5 Å². The Morgan fingerprint density at radius 1 is 0.301 bits per heavy atom. The third kappa shape index (κ3) is 11.7. The van der Waals surface area contributed by atoms with Crippen LogP contribution in [0.2, 0.25) is 0 Å². The number of β-lactam (4-membered cyclic amide) rings is 6. The molecule has 0 radical (unpaired) electrons. The molecule has 20 rings (SSSR count). The topological polar surface area (TPSA) is 277 Å². The van der Waals surface area contributed by atoms with Crippen molar-refractivity contribution >= 4 is 82.8 Å². The van der Waals surface area contributed by atoms with Gasteiger partial charge >= 0.3 is 11.9 Å². The second kappa shape index (κ2) is 28.3. The SMILES string of the molecule is C=C(C)C(=O)N1C(=O)C2C3CC(C4CCCC43)C21.C=C(C)C(=O)N1C(=O)C2C3CCC(C3)C21.C=C(C)C(=O)N1C(=O)C2C3CCC(C3)C21.C=CC(=O)N1C(=O)C2C3CC(C4CCCC43)C21.C=CC(=O)N1C(=O)C2C3CCC(C3)C21.C=CC(=O)N1C(=O)C2C3CCC(C3)C21.COC(C)=O.COC(C)=O. The first-order valence-corrected chi connectivity index (χ1v) is 38.2. The van der Waals surface area contributed by atoms with E-state index in [4.69, 9.17) is 0 Å². The molecule has 14 aliphatic carbocycles. The largest absolute Gasteiger partial charge is 0.469 e. The van der Waals surface area contributed by atoms with E-state index in [-0.39, 0.29) is 155 Å². The van der Waals surface area contributed by atoms with E-state index < -0.39 is 0 Å². The van der Waals surface area contributed by atoms with Crippen LogP contribution in [0.3, 0.4) is 0 Å². The second-order valence-electron chi connectivity index (χ2n) is 33.6. The van der Waals surface area contributed by atoms with Gasteiger partial charge in [-0.25, -0.2) is 0 Å². The van der Waals surface area contributed by atoms with Gasteiger partial charge in [-0.05, 0) is 249 Å². The van der Waals surface area contributed by atoms with Crippen molar-refractivity contribution < 1.29 is 76.6 Å². The zero-order valence-corrected chi connectivity index (χ0v) is 61.0. The Morgan fingerprint density at radius 2 is 0.515 bits per heavy atom. The minimum atomic E-state index is -0.245. The molecule has 0 aromatic heterocycles. The number of rotatable bonds is 6. The van der Waals surface area contributed by atoms with Crippen LogP contribution in [0.15, 0.2) is 74.4 Å². The molecule has 12 amide bonds. The number of carbonyl (C=O) groups is 14. The van der Waals surface area contributed by atoms with Crippen LogP contribution >= 0.6 is 0 Å². The Morgan fingerprint density at radius 3 is 0.786 bits per heavy atom. The first-order chi connectivity index (χ1) is 49.1. The van der Waals surface area contributed by atoms with E-state index in [9.17, 15) is 67.1 Å². The number of amides is 12. The van der Waals surface area contributed by atoms with Crippen molar-refractivity contribution in [2.75, 3.05) is 14.2 Å². The smallest absolute Gasteiger partial charge is 0.302 e.